The van der Waals surface area contributed by atoms with Gasteiger partial charge in [-0.15, -0.1) is 0 Å². The summed E-state index contributed by atoms with van der Waals surface area (Å²) in [6.07, 6.45) is 3.77. The monoisotopic (exact) mass is 345 g/mol. The second-order valence-corrected chi connectivity index (χ2v) is 9.91. The Kier molecular flexibility index (Phi) is 3.03. The van der Waals surface area contributed by atoms with Crippen LogP contribution in [0.3, 0.4) is 0 Å². The van der Waals surface area contributed by atoms with Crippen LogP contribution in [-0.2, 0) is 9.84 Å². The van der Waals surface area contributed by atoms with Gasteiger partial charge in [0.1, 0.15) is 0 Å². The van der Waals surface area contributed by atoms with Crippen LogP contribution in [0.15, 0.2) is 39.9 Å². The Labute approximate surface area is 140 Å². The molecule has 23 heavy (non-hydrogen) atoms. The summed E-state index contributed by atoms with van der Waals surface area (Å²) in [5.41, 5.74) is 3.39. The largest absolute Gasteiger partial charge is 0.298 e. The van der Waals surface area contributed by atoms with Crippen LogP contribution in [0.1, 0.15) is 30.7 Å². The van der Waals surface area contributed by atoms with E-state index < -0.39 is 9.84 Å². The summed E-state index contributed by atoms with van der Waals surface area (Å²) in [4.78, 5) is 3.01. The zero-order valence-electron chi connectivity index (χ0n) is 12.8. The Morgan fingerprint density at radius 2 is 1.96 bits per heavy atom. The van der Waals surface area contributed by atoms with Crippen molar-refractivity contribution in [1.29, 1.82) is 0 Å². The summed E-state index contributed by atoms with van der Waals surface area (Å²) in [5, 5.41) is 3.96. The van der Waals surface area contributed by atoms with E-state index in [2.05, 4.69) is 27.8 Å². The molecule has 0 N–H and O–H groups in total. The lowest BCUT2D eigenvalue weighted by Crippen LogP contribution is -2.39. The van der Waals surface area contributed by atoms with Gasteiger partial charge in [0.25, 0.3) is 0 Å². The predicted octanol–water partition coefficient (Wildman–Crippen LogP) is 3.52. The first-order chi connectivity index (χ1) is 11.1. The number of nitrogens with zero attached hydrogens (tertiary/aromatic N) is 1. The summed E-state index contributed by atoms with van der Waals surface area (Å²) >= 11 is 1.68. The smallest absolute Gasteiger partial charge is 0.183 e. The Hall–Kier alpha value is -1.17. The molecule has 0 unspecified atom stereocenters. The van der Waals surface area contributed by atoms with Gasteiger partial charge >= 0.3 is 0 Å². The van der Waals surface area contributed by atoms with Crippen molar-refractivity contribution >= 4 is 21.2 Å². The zero-order chi connectivity index (χ0) is 15.6. The normalized spacial score (nSPS) is 29.2. The van der Waals surface area contributed by atoms with Gasteiger partial charge in [0.2, 0.25) is 0 Å². The van der Waals surface area contributed by atoms with Crippen molar-refractivity contribution in [2.24, 2.45) is 0 Å². The van der Waals surface area contributed by atoms with Gasteiger partial charge < -0.3 is 0 Å². The lowest BCUT2D eigenvalue weighted by atomic mass is 9.91. The molecular formula is C18H19NO2S2. The fraction of sp³-hybridized carbons (Fsp3) is 0.444. The third-order valence-corrected chi connectivity index (χ3v) is 8.80. The molecule has 1 saturated heterocycles. The molecule has 5 heteroatoms. The predicted molar refractivity (Wildman–Crippen MR) is 92.7 cm³/mol. The quantitative estimate of drug-likeness (QED) is 0.836. The number of fused-ring (bicyclic) bond motifs is 3. The highest BCUT2D eigenvalue weighted by Gasteiger charge is 2.51. The van der Waals surface area contributed by atoms with E-state index in [0.29, 0.717) is 10.9 Å². The van der Waals surface area contributed by atoms with Gasteiger partial charge in [-0.2, -0.15) is 11.3 Å². The van der Waals surface area contributed by atoms with Crippen LogP contribution < -0.4 is 0 Å². The summed E-state index contributed by atoms with van der Waals surface area (Å²) in [7, 11) is -3.16. The molecule has 120 valence electrons. The highest BCUT2D eigenvalue weighted by atomic mass is 32.2. The zero-order valence-corrected chi connectivity index (χ0v) is 14.4. The molecule has 2 aromatic rings. The average molecular weight is 345 g/mol. The molecule has 3 heterocycles. The van der Waals surface area contributed by atoms with E-state index in [1.807, 2.05) is 12.1 Å². The van der Waals surface area contributed by atoms with Gasteiger partial charge in [0.15, 0.2) is 9.84 Å². The van der Waals surface area contributed by atoms with Crippen molar-refractivity contribution < 1.29 is 8.42 Å². The summed E-state index contributed by atoms with van der Waals surface area (Å²) < 4.78 is 25.8. The SMILES string of the molecule is O=S1(=O)c2ccc(-c3ccsc3)cc2[C@H]2CN(C3CCC3)C[C@@H]21. The van der Waals surface area contributed by atoms with E-state index in [0.717, 1.165) is 24.2 Å². The van der Waals surface area contributed by atoms with Crippen LogP contribution in [0.2, 0.25) is 0 Å². The van der Waals surface area contributed by atoms with Crippen molar-refractivity contribution in [3.8, 4) is 11.1 Å². The summed E-state index contributed by atoms with van der Waals surface area (Å²) in [6, 6.07) is 8.65. The first-order valence-electron chi connectivity index (χ1n) is 8.29. The van der Waals surface area contributed by atoms with E-state index in [9.17, 15) is 8.42 Å². The maximum absolute atomic E-state index is 12.9. The number of likely N-dealkylation sites (tertiary alicyclic amines) is 1. The molecule has 2 fully saturated rings. The minimum absolute atomic E-state index is 0.161. The van der Waals surface area contributed by atoms with Gasteiger partial charge in [0.05, 0.1) is 10.1 Å². The van der Waals surface area contributed by atoms with E-state index in [-0.39, 0.29) is 11.2 Å². The summed E-state index contributed by atoms with van der Waals surface area (Å²) in [6.45, 7) is 1.63. The highest BCUT2D eigenvalue weighted by molar-refractivity contribution is 7.92. The van der Waals surface area contributed by atoms with Crippen molar-refractivity contribution in [3.05, 3.63) is 40.6 Å². The molecule has 1 aromatic carbocycles. The molecule has 5 rings (SSSR count). The van der Waals surface area contributed by atoms with Crippen LogP contribution in [0.25, 0.3) is 11.1 Å². The Morgan fingerprint density at radius 1 is 1.09 bits per heavy atom. The fourth-order valence-electron chi connectivity index (χ4n) is 4.33. The van der Waals surface area contributed by atoms with Gasteiger partial charge in [-0.05, 0) is 58.5 Å². The van der Waals surface area contributed by atoms with E-state index >= 15 is 0 Å². The standard InChI is InChI=1S/C18H19NO2S2/c20-23(21)17-5-4-12(13-6-7-22-11-13)8-15(17)16-9-19(10-18(16)23)14-2-1-3-14/h4-8,11,14,16,18H,1-3,9-10H2/t16-,18+/m1/s1. The third-order valence-electron chi connectivity index (χ3n) is 5.85. The first-order valence-corrected chi connectivity index (χ1v) is 10.8. The Morgan fingerprint density at radius 3 is 2.65 bits per heavy atom. The van der Waals surface area contributed by atoms with Crippen LogP contribution in [0.4, 0.5) is 0 Å². The Bertz CT molecular complexity index is 853. The molecule has 0 amide bonds. The van der Waals surface area contributed by atoms with E-state index in [1.165, 1.54) is 24.8 Å². The van der Waals surface area contributed by atoms with Gasteiger partial charge in [-0.1, -0.05) is 12.5 Å². The maximum atomic E-state index is 12.9. The van der Waals surface area contributed by atoms with E-state index in [4.69, 9.17) is 0 Å². The molecule has 0 radical (unpaired) electrons. The number of thiophene rings is 1. The Balaban J connectivity index is 1.57. The van der Waals surface area contributed by atoms with Crippen LogP contribution in [0, 0.1) is 0 Å². The molecule has 2 aliphatic heterocycles. The van der Waals surface area contributed by atoms with Gasteiger partial charge in [0, 0.05) is 25.0 Å². The minimum Gasteiger partial charge on any atom is -0.298 e. The van der Waals surface area contributed by atoms with Crippen LogP contribution in [0.5, 0.6) is 0 Å². The molecule has 3 nitrogen and oxygen atoms in total. The molecule has 0 spiro atoms. The molecule has 1 aliphatic carbocycles. The average Bonchev–Trinajstić information content (AvgIpc) is 3.17. The molecule has 2 atom stereocenters. The lowest BCUT2D eigenvalue weighted by Gasteiger charge is -2.35. The molecule has 0 bridgehead atoms. The number of hydrogen-bond acceptors (Lipinski definition) is 4. The maximum Gasteiger partial charge on any atom is 0.183 e. The van der Waals surface area contributed by atoms with Crippen molar-refractivity contribution in [3.63, 3.8) is 0 Å². The summed E-state index contributed by atoms with van der Waals surface area (Å²) in [5.74, 6) is 0.161. The van der Waals surface area contributed by atoms with Crippen molar-refractivity contribution in [2.75, 3.05) is 13.1 Å². The molecule has 3 aliphatic rings. The number of sulfone groups is 1. The second-order valence-electron chi connectivity index (χ2n) is 6.99. The minimum atomic E-state index is -3.16. The van der Waals surface area contributed by atoms with Crippen LogP contribution in [-0.4, -0.2) is 37.7 Å². The highest BCUT2D eigenvalue weighted by Crippen LogP contribution is 2.47. The number of benzene rings is 1. The lowest BCUT2D eigenvalue weighted by molar-refractivity contribution is 0.157. The van der Waals surface area contributed by atoms with E-state index in [1.54, 1.807) is 11.3 Å². The molecule has 1 saturated carbocycles. The second kappa shape index (κ2) is 4.91. The van der Waals surface area contributed by atoms with Gasteiger partial charge in [-0.25, -0.2) is 8.42 Å². The molecule has 1 aromatic heterocycles. The van der Waals surface area contributed by atoms with Crippen molar-refractivity contribution in [2.45, 2.75) is 41.4 Å². The third kappa shape index (κ3) is 2.00. The van der Waals surface area contributed by atoms with Crippen molar-refractivity contribution in [1.82, 2.24) is 4.90 Å². The topological polar surface area (TPSA) is 37.4 Å². The van der Waals surface area contributed by atoms with Gasteiger partial charge in [-0.3, -0.25) is 4.90 Å². The number of rotatable bonds is 2. The number of hydrogen-bond donors (Lipinski definition) is 0. The van der Waals surface area contributed by atoms with Crippen LogP contribution >= 0.6 is 11.3 Å². The fourth-order valence-corrected chi connectivity index (χ4v) is 7.18. The molecular weight excluding hydrogens is 326 g/mol. The first kappa shape index (κ1) is 14.2.